The second kappa shape index (κ2) is 5.13. The highest BCUT2D eigenvalue weighted by Crippen LogP contribution is 2.39. The van der Waals surface area contributed by atoms with Gasteiger partial charge in [0.25, 0.3) is 0 Å². The lowest BCUT2D eigenvalue weighted by atomic mass is 10.0. The van der Waals surface area contributed by atoms with Gasteiger partial charge in [0.2, 0.25) is 0 Å². The van der Waals surface area contributed by atoms with E-state index in [2.05, 4.69) is 19.2 Å². The normalized spacial score (nSPS) is 22.6. The van der Waals surface area contributed by atoms with Gasteiger partial charge in [-0.2, -0.15) is 0 Å². The van der Waals surface area contributed by atoms with Crippen molar-refractivity contribution in [1.29, 1.82) is 0 Å². The third kappa shape index (κ3) is 2.49. The summed E-state index contributed by atoms with van der Waals surface area (Å²) in [7, 11) is 0. The fourth-order valence-electron chi connectivity index (χ4n) is 2.22. The number of nitrogens with one attached hydrogen (secondary N) is 1. The van der Waals surface area contributed by atoms with Gasteiger partial charge < -0.3 is 10.1 Å². The molecule has 0 saturated carbocycles. The highest BCUT2D eigenvalue weighted by atomic mass is 35.5. The first-order valence-electron chi connectivity index (χ1n) is 6.08. The molecule has 1 aromatic rings. The van der Waals surface area contributed by atoms with E-state index in [1.54, 1.807) is 0 Å². The first-order valence-corrected chi connectivity index (χ1v) is 6.45. The number of hydrogen-bond acceptors (Lipinski definition) is 2. The van der Waals surface area contributed by atoms with Crippen molar-refractivity contribution < 1.29 is 9.13 Å². The molecule has 2 nitrogen and oxygen atoms in total. The van der Waals surface area contributed by atoms with Crippen LogP contribution in [0, 0.1) is 5.82 Å². The molecule has 0 radical (unpaired) electrons. The summed E-state index contributed by atoms with van der Waals surface area (Å²) in [5.74, 6) is 0.241. The number of anilines is 1. The Hall–Kier alpha value is -0.960. The van der Waals surface area contributed by atoms with Crippen LogP contribution in [0.5, 0.6) is 5.75 Å². The molecule has 1 heterocycles. The third-order valence-corrected chi connectivity index (χ3v) is 3.36. The van der Waals surface area contributed by atoms with Crippen LogP contribution >= 0.6 is 11.6 Å². The van der Waals surface area contributed by atoms with Crippen LogP contribution in [0.1, 0.15) is 33.1 Å². The van der Waals surface area contributed by atoms with E-state index in [1.165, 1.54) is 12.1 Å². The van der Waals surface area contributed by atoms with Crippen molar-refractivity contribution in [2.75, 3.05) is 5.32 Å². The predicted molar refractivity (Wildman–Crippen MR) is 68.4 cm³/mol. The lowest BCUT2D eigenvalue weighted by Gasteiger charge is -2.35. The maximum absolute atomic E-state index is 13.3. The Morgan fingerprint density at radius 3 is 2.82 bits per heavy atom. The number of fused-ring (bicyclic) bond motifs is 1. The molecule has 0 amide bonds. The van der Waals surface area contributed by atoms with Crippen LogP contribution in [0.15, 0.2) is 12.1 Å². The molecule has 94 valence electrons. The molecule has 0 saturated heterocycles. The van der Waals surface area contributed by atoms with Crippen LogP contribution in [-0.2, 0) is 0 Å². The Morgan fingerprint density at radius 1 is 1.41 bits per heavy atom. The van der Waals surface area contributed by atoms with E-state index in [0.717, 1.165) is 19.3 Å². The molecule has 1 aliphatic rings. The molecule has 1 N–H and O–H groups in total. The molecule has 0 aliphatic carbocycles. The summed E-state index contributed by atoms with van der Waals surface area (Å²) in [5, 5.41) is 3.65. The number of halogens is 2. The molecule has 4 heteroatoms. The van der Waals surface area contributed by atoms with Crippen LogP contribution in [0.3, 0.4) is 0 Å². The molecule has 2 atom stereocenters. The van der Waals surface area contributed by atoms with Gasteiger partial charge in [0.15, 0.2) is 5.75 Å². The topological polar surface area (TPSA) is 21.3 Å². The van der Waals surface area contributed by atoms with Crippen molar-refractivity contribution in [3.63, 3.8) is 0 Å². The Labute approximate surface area is 106 Å². The lowest BCUT2D eigenvalue weighted by molar-refractivity contribution is 0.155. The highest BCUT2D eigenvalue weighted by molar-refractivity contribution is 6.32. The average Bonchev–Trinajstić information content (AvgIpc) is 2.29. The summed E-state index contributed by atoms with van der Waals surface area (Å²) >= 11 is 6.00. The number of hydrogen-bond donors (Lipinski definition) is 1. The van der Waals surface area contributed by atoms with E-state index in [-0.39, 0.29) is 18.0 Å². The minimum absolute atomic E-state index is 0.112. The molecule has 0 aromatic heterocycles. The van der Waals surface area contributed by atoms with Gasteiger partial charge in [0, 0.05) is 6.07 Å². The second-order valence-electron chi connectivity index (χ2n) is 4.37. The molecular weight excluding hydrogens is 241 g/mol. The van der Waals surface area contributed by atoms with Gasteiger partial charge in [0.05, 0.1) is 16.8 Å². The summed E-state index contributed by atoms with van der Waals surface area (Å²) in [5.41, 5.74) is 0.661. The summed E-state index contributed by atoms with van der Waals surface area (Å²) < 4.78 is 19.2. The number of rotatable bonds is 3. The SMILES string of the molecule is CCCC1Oc2c(Cl)cc(F)cc2NC1CC. The van der Waals surface area contributed by atoms with E-state index in [9.17, 15) is 4.39 Å². The van der Waals surface area contributed by atoms with Crippen LogP contribution in [0.25, 0.3) is 0 Å². The van der Waals surface area contributed by atoms with Crippen molar-refractivity contribution >= 4 is 17.3 Å². The third-order valence-electron chi connectivity index (χ3n) is 3.08. The minimum atomic E-state index is -0.339. The Morgan fingerprint density at radius 2 is 2.18 bits per heavy atom. The summed E-state index contributed by atoms with van der Waals surface area (Å²) in [4.78, 5) is 0. The van der Waals surface area contributed by atoms with E-state index < -0.39 is 0 Å². The molecule has 0 bridgehead atoms. The zero-order valence-electron chi connectivity index (χ0n) is 10.1. The maximum Gasteiger partial charge on any atom is 0.161 e. The maximum atomic E-state index is 13.3. The fourth-order valence-corrected chi connectivity index (χ4v) is 2.47. The first-order chi connectivity index (χ1) is 8.15. The second-order valence-corrected chi connectivity index (χ2v) is 4.78. The van der Waals surface area contributed by atoms with Crippen LogP contribution in [-0.4, -0.2) is 12.1 Å². The van der Waals surface area contributed by atoms with Crippen molar-refractivity contribution in [2.45, 2.75) is 45.3 Å². The van der Waals surface area contributed by atoms with Gasteiger partial charge in [-0.3, -0.25) is 0 Å². The van der Waals surface area contributed by atoms with Crippen molar-refractivity contribution in [3.8, 4) is 5.75 Å². The minimum Gasteiger partial charge on any atom is -0.485 e. The summed E-state index contributed by atoms with van der Waals surface area (Å²) in [6.45, 7) is 4.22. The molecule has 0 fully saturated rings. The molecule has 2 rings (SSSR count). The largest absolute Gasteiger partial charge is 0.485 e. The Bertz CT molecular complexity index is 411. The zero-order valence-corrected chi connectivity index (χ0v) is 10.9. The zero-order chi connectivity index (χ0) is 12.4. The smallest absolute Gasteiger partial charge is 0.161 e. The van der Waals surface area contributed by atoms with Crippen molar-refractivity contribution in [3.05, 3.63) is 23.0 Å². The Balaban J connectivity index is 2.32. The summed E-state index contributed by atoms with van der Waals surface area (Å²) in [6, 6.07) is 2.95. The molecule has 1 aliphatic heterocycles. The molecule has 0 spiro atoms. The van der Waals surface area contributed by atoms with Crippen molar-refractivity contribution in [1.82, 2.24) is 0 Å². The van der Waals surface area contributed by atoms with E-state index >= 15 is 0 Å². The predicted octanol–water partition coefficient (Wildman–Crippen LogP) is 4.23. The number of ether oxygens (including phenoxy) is 1. The van der Waals surface area contributed by atoms with E-state index in [1.807, 2.05) is 0 Å². The van der Waals surface area contributed by atoms with Crippen LogP contribution < -0.4 is 10.1 Å². The average molecular weight is 258 g/mol. The number of benzene rings is 1. The van der Waals surface area contributed by atoms with Crippen LogP contribution in [0.2, 0.25) is 5.02 Å². The fraction of sp³-hybridized carbons (Fsp3) is 0.538. The lowest BCUT2D eigenvalue weighted by Crippen LogP contribution is -2.41. The first kappa shape index (κ1) is 12.5. The van der Waals surface area contributed by atoms with Gasteiger partial charge in [0.1, 0.15) is 11.9 Å². The summed E-state index contributed by atoms with van der Waals surface area (Å²) in [6.07, 6.45) is 3.08. The van der Waals surface area contributed by atoms with E-state index in [4.69, 9.17) is 16.3 Å². The molecule has 2 unspecified atom stereocenters. The monoisotopic (exact) mass is 257 g/mol. The van der Waals surface area contributed by atoms with Gasteiger partial charge >= 0.3 is 0 Å². The van der Waals surface area contributed by atoms with Crippen LogP contribution in [0.4, 0.5) is 10.1 Å². The standard InChI is InChI=1S/C13H17ClFNO/c1-3-5-12-10(4-2)16-11-7-8(15)6-9(14)13(11)17-12/h6-7,10,12,16H,3-5H2,1-2H3. The van der Waals surface area contributed by atoms with Gasteiger partial charge in [-0.05, 0) is 18.9 Å². The molecule has 17 heavy (non-hydrogen) atoms. The van der Waals surface area contributed by atoms with E-state index in [0.29, 0.717) is 16.5 Å². The van der Waals surface area contributed by atoms with Gasteiger partial charge in [-0.15, -0.1) is 0 Å². The quantitative estimate of drug-likeness (QED) is 0.875. The highest BCUT2D eigenvalue weighted by Gasteiger charge is 2.29. The van der Waals surface area contributed by atoms with Gasteiger partial charge in [-0.25, -0.2) is 4.39 Å². The Kier molecular flexibility index (Phi) is 3.77. The van der Waals surface area contributed by atoms with Crippen molar-refractivity contribution in [2.24, 2.45) is 0 Å². The molecule has 1 aromatic carbocycles. The van der Waals surface area contributed by atoms with Gasteiger partial charge in [-0.1, -0.05) is 31.9 Å². The molecular formula is C13H17ClFNO.